The molecule has 2 unspecified atom stereocenters. The zero-order chi connectivity index (χ0) is 14.7. The molecule has 0 radical (unpaired) electrons. The van der Waals surface area contributed by atoms with Crippen molar-refractivity contribution in [1.82, 2.24) is 15.1 Å². The zero-order valence-corrected chi connectivity index (χ0v) is 12.2. The summed E-state index contributed by atoms with van der Waals surface area (Å²) < 4.78 is 0. The summed E-state index contributed by atoms with van der Waals surface area (Å²) in [6, 6.07) is -1.61. The molecule has 3 amide bonds. The molecule has 2 aliphatic rings. The maximum atomic E-state index is 12.5. The van der Waals surface area contributed by atoms with Gasteiger partial charge in [-0.05, 0) is 19.3 Å². The molecule has 7 nitrogen and oxygen atoms in total. The van der Waals surface area contributed by atoms with Crippen LogP contribution in [0.4, 0.5) is 4.79 Å². The second-order valence-corrected chi connectivity index (χ2v) is 5.93. The number of urea groups is 1. The number of likely N-dealkylation sites (tertiary alicyclic amines) is 1. The highest BCUT2D eigenvalue weighted by Gasteiger charge is 2.40. The molecule has 8 heteroatoms. The quantitative estimate of drug-likeness (QED) is 0.758. The molecule has 0 spiro atoms. The van der Waals surface area contributed by atoms with Gasteiger partial charge in [-0.1, -0.05) is 0 Å². The first-order valence-electron chi connectivity index (χ1n) is 6.65. The van der Waals surface area contributed by atoms with Gasteiger partial charge in [0, 0.05) is 19.3 Å². The van der Waals surface area contributed by atoms with Crippen molar-refractivity contribution >= 4 is 29.7 Å². The van der Waals surface area contributed by atoms with Gasteiger partial charge in [0.05, 0.1) is 5.88 Å². The van der Waals surface area contributed by atoms with Crippen molar-refractivity contribution in [3.8, 4) is 0 Å². The minimum absolute atomic E-state index is 0.184. The molecule has 2 saturated heterocycles. The normalized spacial score (nSPS) is 26.4. The molecular weight excluding hydrogens is 282 g/mol. The van der Waals surface area contributed by atoms with Crippen LogP contribution in [0.5, 0.6) is 0 Å². The fraction of sp³-hybridized carbons (Fsp3) is 0.750. The molecule has 0 bridgehead atoms. The van der Waals surface area contributed by atoms with Gasteiger partial charge in [0.25, 0.3) is 0 Å². The van der Waals surface area contributed by atoms with E-state index < -0.39 is 18.1 Å². The number of carbonyl (C=O) groups is 3. The van der Waals surface area contributed by atoms with Gasteiger partial charge in [0.1, 0.15) is 12.1 Å². The van der Waals surface area contributed by atoms with E-state index in [0.717, 1.165) is 12.8 Å². The lowest BCUT2D eigenvalue weighted by Crippen LogP contribution is -2.57. The van der Waals surface area contributed by atoms with E-state index in [2.05, 4.69) is 5.32 Å². The Morgan fingerprint density at radius 1 is 1.20 bits per heavy atom. The summed E-state index contributed by atoms with van der Waals surface area (Å²) in [6.45, 7) is 0.504. The lowest BCUT2D eigenvalue weighted by atomic mass is 10.0. The molecule has 0 aromatic carbocycles. The van der Waals surface area contributed by atoms with Crippen molar-refractivity contribution < 1.29 is 19.5 Å². The number of carbonyl (C=O) groups excluding carboxylic acids is 2. The van der Waals surface area contributed by atoms with Crippen LogP contribution in [0.1, 0.15) is 19.3 Å². The molecule has 2 rings (SSSR count). The number of likely N-dealkylation sites (N-methyl/N-ethyl adjacent to an activating group) is 1. The monoisotopic (exact) mass is 301 g/mol. The molecule has 2 fully saturated rings. The fourth-order valence-electron chi connectivity index (χ4n) is 2.60. The number of hydrogen-bond acceptors (Lipinski definition) is 4. The van der Waals surface area contributed by atoms with Crippen LogP contribution >= 0.6 is 11.8 Å². The molecule has 20 heavy (non-hydrogen) atoms. The predicted molar refractivity (Wildman–Crippen MR) is 74.4 cm³/mol. The predicted octanol–water partition coefficient (Wildman–Crippen LogP) is 0.166. The Bertz CT molecular complexity index is 418. The average Bonchev–Trinajstić information content (AvgIpc) is 2.95. The van der Waals surface area contributed by atoms with Gasteiger partial charge < -0.3 is 20.2 Å². The van der Waals surface area contributed by atoms with Crippen molar-refractivity contribution in [1.29, 1.82) is 0 Å². The highest BCUT2D eigenvalue weighted by Crippen LogP contribution is 2.26. The number of carboxylic acids is 1. The van der Waals surface area contributed by atoms with Crippen molar-refractivity contribution in [2.24, 2.45) is 0 Å². The molecule has 0 aromatic heterocycles. The van der Waals surface area contributed by atoms with Crippen molar-refractivity contribution in [3.63, 3.8) is 0 Å². The van der Waals surface area contributed by atoms with Gasteiger partial charge in [-0.25, -0.2) is 9.59 Å². The minimum Gasteiger partial charge on any atom is -0.480 e. The van der Waals surface area contributed by atoms with E-state index >= 15 is 0 Å². The highest BCUT2D eigenvalue weighted by molar-refractivity contribution is 7.99. The number of amides is 3. The summed E-state index contributed by atoms with van der Waals surface area (Å²) in [4.78, 5) is 38.4. The van der Waals surface area contributed by atoms with Gasteiger partial charge in [-0.3, -0.25) is 4.79 Å². The highest BCUT2D eigenvalue weighted by atomic mass is 32.2. The summed E-state index contributed by atoms with van der Waals surface area (Å²) in [6.07, 6.45) is 2.38. The smallest absolute Gasteiger partial charge is 0.327 e. The SMILES string of the molecule is CNC(=O)C1CCCCN1C(=O)N1CSCC1C(=O)O. The number of carboxylic acid groups (broad SMARTS) is 1. The summed E-state index contributed by atoms with van der Waals surface area (Å²) in [7, 11) is 1.55. The van der Waals surface area contributed by atoms with Gasteiger partial charge in [-0.15, -0.1) is 11.8 Å². The topological polar surface area (TPSA) is 90.0 Å². The first kappa shape index (κ1) is 15.0. The van der Waals surface area contributed by atoms with E-state index in [1.165, 1.54) is 21.6 Å². The number of nitrogens with one attached hydrogen (secondary N) is 1. The van der Waals surface area contributed by atoms with Crippen LogP contribution in [0.3, 0.4) is 0 Å². The number of thioether (sulfide) groups is 1. The van der Waals surface area contributed by atoms with Gasteiger partial charge in [0.2, 0.25) is 5.91 Å². The zero-order valence-electron chi connectivity index (χ0n) is 11.4. The Morgan fingerprint density at radius 2 is 1.95 bits per heavy atom. The molecule has 2 N–H and O–H groups in total. The van der Waals surface area contributed by atoms with Crippen molar-refractivity contribution in [2.45, 2.75) is 31.3 Å². The van der Waals surface area contributed by atoms with E-state index in [9.17, 15) is 14.4 Å². The summed E-state index contributed by atoms with van der Waals surface area (Å²) in [5.41, 5.74) is 0. The second kappa shape index (κ2) is 6.34. The van der Waals surface area contributed by atoms with E-state index in [0.29, 0.717) is 24.6 Å². The Hall–Kier alpha value is -1.44. The van der Waals surface area contributed by atoms with Crippen molar-refractivity contribution in [3.05, 3.63) is 0 Å². The summed E-state index contributed by atoms with van der Waals surface area (Å²) in [5, 5.41) is 11.7. The number of piperidine rings is 1. The second-order valence-electron chi connectivity index (χ2n) is 4.93. The minimum atomic E-state index is -0.989. The first-order valence-corrected chi connectivity index (χ1v) is 7.81. The lowest BCUT2D eigenvalue weighted by Gasteiger charge is -2.37. The number of aliphatic carboxylic acids is 1. The van der Waals surface area contributed by atoms with Crippen LogP contribution in [-0.4, -0.2) is 70.1 Å². The third kappa shape index (κ3) is 2.84. The molecular formula is C12H19N3O4S. The van der Waals surface area contributed by atoms with Crippen LogP contribution < -0.4 is 5.32 Å². The van der Waals surface area contributed by atoms with E-state index in [1.807, 2.05) is 0 Å². The van der Waals surface area contributed by atoms with Gasteiger partial charge >= 0.3 is 12.0 Å². The van der Waals surface area contributed by atoms with Gasteiger partial charge in [0.15, 0.2) is 0 Å². The largest absolute Gasteiger partial charge is 0.480 e. The standard InChI is InChI=1S/C12H19N3O4S/c1-13-10(16)8-4-2-3-5-14(8)12(19)15-7-20-6-9(15)11(17)18/h8-9H,2-7H2,1H3,(H,13,16)(H,17,18). The molecule has 0 aliphatic carbocycles. The Labute approximate surface area is 121 Å². The number of rotatable bonds is 2. The molecule has 2 atom stereocenters. The Morgan fingerprint density at radius 3 is 2.60 bits per heavy atom. The molecule has 0 saturated carbocycles. The Balaban J connectivity index is 2.13. The van der Waals surface area contributed by atoms with E-state index in [4.69, 9.17) is 5.11 Å². The van der Waals surface area contributed by atoms with Crippen LogP contribution in [0.2, 0.25) is 0 Å². The third-order valence-electron chi connectivity index (χ3n) is 3.71. The van der Waals surface area contributed by atoms with E-state index in [-0.39, 0.29) is 11.9 Å². The van der Waals surface area contributed by atoms with E-state index in [1.54, 1.807) is 7.05 Å². The first-order chi connectivity index (χ1) is 9.56. The maximum Gasteiger partial charge on any atom is 0.327 e. The molecule has 2 heterocycles. The van der Waals surface area contributed by atoms with Gasteiger partial charge in [-0.2, -0.15) is 0 Å². The Kier molecular flexibility index (Phi) is 4.74. The number of hydrogen-bond donors (Lipinski definition) is 2. The average molecular weight is 301 g/mol. The van der Waals surface area contributed by atoms with Crippen LogP contribution in [0.25, 0.3) is 0 Å². The van der Waals surface area contributed by atoms with Crippen LogP contribution in [0.15, 0.2) is 0 Å². The maximum absolute atomic E-state index is 12.5. The molecule has 2 aliphatic heterocycles. The molecule has 0 aromatic rings. The summed E-state index contributed by atoms with van der Waals surface area (Å²) >= 11 is 1.42. The fourth-order valence-corrected chi connectivity index (χ4v) is 3.74. The van der Waals surface area contributed by atoms with Crippen LogP contribution in [-0.2, 0) is 9.59 Å². The van der Waals surface area contributed by atoms with Crippen molar-refractivity contribution in [2.75, 3.05) is 25.2 Å². The van der Waals surface area contributed by atoms with Crippen LogP contribution in [0, 0.1) is 0 Å². The molecule has 112 valence electrons. The lowest BCUT2D eigenvalue weighted by molar-refractivity contribution is -0.141. The number of nitrogens with zero attached hydrogens (tertiary/aromatic N) is 2. The third-order valence-corrected chi connectivity index (χ3v) is 4.72. The summed E-state index contributed by atoms with van der Waals surface area (Å²) in [5.74, 6) is -0.402.